The Bertz CT molecular complexity index is 950. The number of nitrogens with one attached hydrogen (secondary N) is 1. The van der Waals surface area contributed by atoms with Gasteiger partial charge in [-0.05, 0) is 68.0 Å². The minimum atomic E-state index is -3.36. The van der Waals surface area contributed by atoms with Crippen molar-refractivity contribution >= 4 is 21.6 Å². The Hall–Kier alpha value is -2.45. The van der Waals surface area contributed by atoms with E-state index in [-0.39, 0.29) is 5.91 Å². The summed E-state index contributed by atoms with van der Waals surface area (Å²) < 4.78 is 26.9. The zero-order chi connectivity index (χ0) is 21.0. The predicted octanol–water partition coefficient (Wildman–Crippen LogP) is 2.51. The summed E-state index contributed by atoms with van der Waals surface area (Å²) in [6, 6.07) is 10.8. The second-order valence-electron chi connectivity index (χ2n) is 7.99. The van der Waals surface area contributed by atoms with Crippen LogP contribution in [-0.4, -0.2) is 56.3 Å². The van der Waals surface area contributed by atoms with Crippen LogP contribution in [0.2, 0.25) is 0 Å². The molecule has 30 heavy (non-hydrogen) atoms. The highest BCUT2D eigenvalue weighted by molar-refractivity contribution is 7.89. The number of rotatable bonds is 6. The molecule has 7 nitrogen and oxygen atoms in total. The topological polar surface area (TPSA) is 82.6 Å². The Kier molecular flexibility index (Phi) is 6.34. The Morgan fingerprint density at radius 2 is 1.73 bits per heavy atom. The van der Waals surface area contributed by atoms with Crippen molar-refractivity contribution in [2.24, 2.45) is 5.92 Å². The van der Waals surface area contributed by atoms with Gasteiger partial charge in [0.2, 0.25) is 10.0 Å². The summed E-state index contributed by atoms with van der Waals surface area (Å²) in [5, 5.41) is 3.01. The van der Waals surface area contributed by atoms with E-state index in [4.69, 9.17) is 0 Å². The van der Waals surface area contributed by atoms with Crippen molar-refractivity contribution in [2.45, 2.75) is 30.6 Å². The fourth-order valence-electron chi connectivity index (χ4n) is 4.14. The fraction of sp³-hybridized carbons (Fsp3) is 0.455. The van der Waals surface area contributed by atoms with Crippen molar-refractivity contribution in [3.63, 3.8) is 0 Å². The zero-order valence-electron chi connectivity index (χ0n) is 17.0. The number of amides is 1. The van der Waals surface area contributed by atoms with Crippen LogP contribution < -0.4 is 10.2 Å². The minimum Gasteiger partial charge on any atom is -0.372 e. The van der Waals surface area contributed by atoms with E-state index in [1.807, 2.05) is 12.1 Å². The number of sulfonamides is 1. The van der Waals surface area contributed by atoms with Crippen LogP contribution in [0.15, 0.2) is 53.7 Å². The SMILES string of the molecule is O=C(NCC1CCN(c2ccc(S(=O)(=O)N3CCCC3)cc2)CC1)c1cccnc1. The molecule has 2 aliphatic heterocycles. The van der Waals surface area contributed by atoms with Crippen molar-refractivity contribution in [1.29, 1.82) is 0 Å². The summed E-state index contributed by atoms with van der Waals surface area (Å²) in [4.78, 5) is 18.8. The first kappa shape index (κ1) is 20.8. The summed E-state index contributed by atoms with van der Waals surface area (Å²) >= 11 is 0. The molecule has 1 aromatic heterocycles. The lowest BCUT2D eigenvalue weighted by Gasteiger charge is -2.33. The van der Waals surface area contributed by atoms with E-state index in [2.05, 4.69) is 15.2 Å². The molecule has 160 valence electrons. The van der Waals surface area contributed by atoms with E-state index in [9.17, 15) is 13.2 Å². The molecule has 0 bridgehead atoms. The number of hydrogen-bond donors (Lipinski definition) is 1. The number of piperidine rings is 1. The lowest BCUT2D eigenvalue weighted by Crippen LogP contribution is -2.38. The third kappa shape index (κ3) is 4.65. The van der Waals surface area contributed by atoms with Crippen LogP contribution in [0, 0.1) is 5.92 Å². The molecule has 0 saturated carbocycles. The van der Waals surface area contributed by atoms with Gasteiger partial charge in [0.25, 0.3) is 5.91 Å². The quantitative estimate of drug-likeness (QED) is 0.765. The van der Waals surface area contributed by atoms with Gasteiger partial charge in [0, 0.05) is 50.8 Å². The molecule has 1 aromatic carbocycles. The van der Waals surface area contributed by atoms with Gasteiger partial charge >= 0.3 is 0 Å². The fourth-order valence-corrected chi connectivity index (χ4v) is 5.66. The molecule has 1 amide bonds. The van der Waals surface area contributed by atoms with E-state index in [1.165, 1.54) is 0 Å². The van der Waals surface area contributed by atoms with Crippen molar-refractivity contribution < 1.29 is 13.2 Å². The number of benzene rings is 1. The monoisotopic (exact) mass is 428 g/mol. The molecule has 0 atom stereocenters. The van der Waals surface area contributed by atoms with Crippen LogP contribution in [0.5, 0.6) is 0 Å². The van der Waals surface area contributed by atoms with Crippen molar-refractivity contribution in [3.05, 3.63) is 54.4 Å². The van der Waals surface area contributed by atoms with Gasteiger partial charge in [-0.3, -0.25) is 9.78 Å². The molecular formula is C22H28N4O3S. The van der Waals surface area contributed by atoms with Crippen LogP contribution in [-0.2, 0) is 10.0 Å². The van der Waals surface area contributed by atoms with Gasteiger partial charge < -0.3 is 10.2 Å². The Morgan fingerprint density at radius 3 is 2.37 bits per heavy atom. The smallest absolute Gasteiger partial charge is 0.252 e. The van der Waals surface area contributed by atoms with Crippen LogP contribution in [0.4, 0.5) is 5.69 Å². The first-order valence-corrected chi connectivity index (χ1v) is 12.0. The Balaban J connectivity index is 1.28. The van der Waals surface area contributed by atoms with Gasteiger partial charge in [-0.25, -0.2) is 8.42 Å². The molecule has 2 aromatic rings. The largest absolute Gasteiger partial charge is 0.372 e. The number of anilines is 1. The van der Waals surface area contributed by atoms with E-state index in [0.717, 1.165) is 44.5 Å². The standard InChI is InChI=1S/C22H28N4O3S/c27-22(19-4-3-11-23-17-19)24-16-18-9-14-25(15-10-18)20-5-7-21(8-6-20)30(28,29)26-12-1-2-13-26/h3-8,11,17-18H,1-2,9-10,12-16H2,(H,24,27). The summed E-state index contributed by atoms with van der Waals surface area (Å²) in [6.07, 6.45) is 7.08. The summed E-state index contributed by atoms with van der Waals surface area (Å²) in [5.41, 5.74) is 1.63. The highest BCUT2D eigenvalue weighted by Gasteiger charge is 2.27. The number of hydrogen-bond acceptors (Lipinski definition) is 5. The Morgan fingerprint density at radius 1 is 1.03 bits per heavy atom. The molecule has 2 aliphatic rings. The van der Waals surface area contributed by atoms with Crippen LogP contribution in [0.3, 0.4) is 0 Å². The van der Waals surface area contributed by atoms with Crippen LogP contribution in [0.25, 0.3) is 0 Å². The second-order valence-corrected chi connectivity index (χ2v) is 9.93. The molecule has 2 saturated heterocycles. The maximum atomic E-state index is 12.7. The average molecular weight is 429 g/mol. The molecule has 2 fully saturated rings. The molecule has 0 aliphatic carbocycles. The minimum absolute atomic E-state index is 0.0830. The van der Waals surface area contributed by atoms with E-state index < -0.39 is 10.0 Å². The van der Waals surface area contributed by atoms with Gasteiger partial charge in [0.1, 0.15) is 0 Å². The Labute approximate surface area is 178 Å². The van der Waals surface area contributed by atoms with Gasteiger partial charge in [-0.2, -0.15) is 4.31 Å². The van der Waals surface area contributed by atoms with Crippen LogP contribution in [0.1, 0.15) is 36.0 Å². The summed E-state index contributed by atoms with van der Waals surface area (Å²) in [5.74, 6) is 0.358. The first-order chi connectivity index (χ1) is 14.5. The predicted molar refractivity (Wildman–Crippen MR) is 116 cm³/mol. The number of carbonyl (C=O) groups excluding carboxylic acids is 1. The van der Waals surface area contributed by atoms with E-state index in [1.54, 1.807) is 41.0 Å². The molecule has 0 radical (unpaired) electrons. The molecular weight excluding hydrogens is 400 g/mol. The van der Waals surface area contributed by atoms with Gasteiger partial charge in [-0.15, -0.1) is 0 Å². The zero-order valence-corrected chi connectivity index (χ0v) is 17.9. The molecule has 0 unspecified atom stereocenters. The van der Waals surface area contributed by atoms with Crippen molar-refractivity contribution in [1.82, 2.24) is 14.6 Å². The molecule has 8 heteroatoms. The number of nitrogens with zero attached hydrogens (tertiary/aromatic N) is 3. The number of pyridine rings is 1. The van der Waals surface area contributed by atoms with E-state index in [0.29, 0.717) is 36.0 Å². The van der Waals surface area contributed by atoms with Crippen LogP contribution >= 0.6 is 0 Å². The summed E-state index contributed by atoms with van der Waals surface area (Å²) in [7, 11) is -3.36. The third-order valence-corrected chi connectivity index (χ3v) is 7.91. The highest BCUT2D eigenvalue weighted by Crippen LogP contribution is 2.26. The lowest BCUT2D eigenvalue weighted by atomic mass is 9.96. The molecule has 0 spiro atoms. The third-order valence-electron chi connectivity index (χ3n) is 5.99. The highest BCUT2D eigenvalue weighted by atomic mass is 32.2. The van der Waals surface area contributed by atoms with Crippen molar-refractivity contribution in [3.8, 4) is 0 Å². The number of aromatic nitrogens is 1. The lowest BCUT2D eigenvalue weighted by molar-refractivity contribution is 0.0944. The first-order valence-electron chi connectivity index (χ1n) is 10.6. The van der Waals surface area contributed by atoms with Gasteiger partial charge in [0.15, 0.2) is 0 Å². The van der Waals surface area contributed by atoms with E-state index >= 15 is 0 Å². The molecule has 4 rings (SSSR count). The maximum absolute atomic E-state index is 12.7. The summed E-state index contributed by atoms with van der Waals surface area (Å²) in [6.45, 7) is 3.69. The second kappa shape index (κ2) is 9.14. The average Bonchev–Trinajstić information content (AvgIpc) is 3.34. The maximum Gasteiger partial charge on any atom is 0.252 e. The molecule has 1 N–H and O–H groups in total. The van der Waals surface area contributed by atoms with Gasteiger partial charge in [-0.1, -0.05) is 0 Å². The normalized spacial score (nSPS) is 18.5. The van der Waals surface area contributed by atoms with Crippen molar-refractivity contribution in [2.75, 3.05) is 37.6 Å². The van der Waals surface area contributed by atoms with Gasteiger partial charge in [0.05, 0.1) is 10.5 Å². The molecule has 3 heterocycles. The number of carbonyl (C=O) groups is 1.